The van der Waals surface area contributed by atoms with Crippen LogP contribution in [0.25, 0.3) is 0 Å². The van der Waals surface area contributed by atoms with Gasteiger partial charge in [0.15, 0.2) is 0 Å². The predicted molar refractivity (Wildman–Crippen MR) is 82.3 cm³/mol. The van der Waals surface area contributed by atoms with Crippen molar-refractivity contribution in [2.75, 3.05) is 20.1 Å². The van der Waals surface area contributed by atoms with Crippen LogP contribution in [0.1, 0.15) is 38.1 Å². The fourth-order valence-corrected chi connectivity index (χ4v) is 3.43. The molecule has 1 saturated heterocycles. The lowest BCUT2D eigenvalue weighted by Crippen LogP contribution is -2.44. The summed E-state index contributed by atoms with van der Waals surface area (Å²) in [6.07, 6.45) is 3.56. The lowest BCUT2D eigenvalue weighted by Gasteiger charge is -2.31. The van der Waals surface area contributed by atoms with E-state index in [1.165, 1.54) is 35.2 Å². The van der Waals surface area contributed by atoms with E-state index in [0.29, 0.717) is 6.04 Å². The molecule has 1 unspecified atom stereocenters. The van der Waals surface area contributed by atoms with Crippen LogP contribution in [-0.4, -0.2) is 40.9 Å². The van der Waals surface area contributed by atoms with Crippen LogP contribution in [0.3, 0.4) is 0 Å². The monoisotopic (exact) mass is 328 g/mol. The molecular weight excluding hydrogens is 304 g/mol. The first-order valence-corrected chi connectivity index (χ1v) is 8.11. The van der Waals surface area contributed by atoms with Gasteiger partial charge < -0.3 is 5.32 Å². The number of likely N-dealkylation sites (N-methyl/N-ethyl adjacent to an activating group) is 1. The molecule has 1 fully saturated rings. The van der Waals surface area contributed by atoms with Crippen molar-refractivity contribution in [2.45, 2.75) is 52.2 Å². The smallest absolute Gasteiger partial charge is 0.0767 e. The van der Waals surface area contributed by atoms with Crippen molar-refractivity contribution in [2.24, 2.45) is 0 Å². The molecule has 0 radical (unpaired) electrons. The van der Waals surface area contributed by atoms with Gasteiger partial charge in [0.2, 0.25) is 0 Å². The third-order valence-corrected chi connectivity index (χ3v) is 4.90. The number of halogens is 1. The summed E-state index contributed by atoms with van der Waals surface area (Å²) in [5, 5.41) is 8.16. The zero-order valence-electron chi connectivity index (χ0n) is 12.2. The number of hydrogen-bond donors (Lipinski definition) is 1. The van der Waals surface area contributed by atoms with Crippen LogP contribution in [0.4, 0.5) is 0 Å². The molecule has 0 spiro atoms. The average Bonchev–Trinajstić information content (AvgIpc) is 2.76. The summed E-state index contributed by atoms with van der Waals surface area (Å²) in [5.74, 6) is 0. The van der Waals surface area contributed by atoms with E-state index in [9.17, 15) is 0 Å². The standard InChI is InChI=1S/C14H25BrN4/c1-4-12-14(15)13(19(5-2)17-12)10-18(3)11-7-6-8-16-9-11/h11,16H,4-10H2,1-3H3. The number of piperidine rings is 1. The predicted octanol–water partition coefficient (Wildman–Crippen LogP) is 2.41. The third kappa shape index (κ3) is 3.38. The second-order valence-corrected chi connectivity index (χ2v) is 6.08. The Bertz CT molecular complexity index is 410. The molecule has 1 aliphatic heterocycles. The number of nitrogens with one attached hydrogen (secondary N) is 1. The molecule has 1 atom stereocenters. The summed E-state index contributed by atoms with van der Waals surface area (Å²) < 4.78 is 3.34. The SMILES string of the molecule is CCc1nn(CC)c(CN(C)C2CCCNC2)c1Br. The second kappa shape index (κ2) is 6.86. The van der Waals surface area contributed by atoms with Gasteiger partial charge in [-0.2, -0.15) is 5.10 Å². The number of rotatable bonds is 5. The third-order valence-electron chi connectivity index (χ3n) is 3.99. The van der Waals surface area contributed by atoms with Crippen molar-refractivity contribution in [1.82, 2.24) is 20.0 Å². The van der Waals surface area contributed by atoms with Gasteiger partial charge in [0.25, 0.3) is 0 Å². The number of aryl methyl sites for hydroxylation is 2. The molecule has 19 heavy (non-hydrogen) atoms. The van der Waals surface area contributed by atoms with Crippen molar-refractivity contribution in [3.05, 3.63) is 15.9 Å². The van der Waals surface area contributed by atoms with E-state index in [1.807, 2.05) is 0 Å². The largest absolute Gasteiger partial charge is 0.315 e. The highest BCUT2D eigenvalue weighted by atomic mass is 79.9. The molecule has 1 aromatic heterocycles. The molecular formula is C14H25BrN4. The van der Waals surface area contributed by atoms with Gasteiger partial charge in [0.1, 0.15) is 0 Å². The quantitative estimate of drug-likeness (QED) is 0.901. The van der Waals surface area contributed by atoms with Crippen LogP contribution in [-0.2, 0) is 19.5 Å². The van der Waals surface area contributed by atoms with Gasteiger partial charge in [0, 0.05) is 25.7 Å². The van der Waals surface area contributed by atoms with E-state index in [4.69, 9.17) is 0 Å². The van der Waals surface area contributed by atoms with Gasteiger partial charge in [-0.25, -0.2) is 0 Å². The summed E-state index contributed by atoms with van der Waals surface area (Å²) in [7, 11) is 2.22. The van der Waals surface area contributed by atoms with E-state index in [-0.39, 0.29) is 0 Å². The molecule has 2 rings (SSSR count). The number of nitrogens with zero attached hydrogens (tertiary/aromatic N) is 3. The molecule has 0 saturated carbocycles. The van der Waals surface area contributed by atoms with E-state index in [2.05, 4.69) is 56.8 Å². The highest BCUT2D eigenvalue weighted by Gasteiger charge is 2.21. The molecule has 1 N–H and O–H groups in total. The topological polar surface area (TPSA) is 33.1 Å². The first-order valence-electron chi connectivity index (χ1n) is 7.32. The van der Waals surface area contributed by atoms with Gasteiger partial charge in [-0.3, -0.25) is 9.58 Å². The molecule has 5 heteroatoms. The highest BCUT2D eigenvalue weighted by molar-refractivity contribution is 9.10. The van der Waals surface area contributed by atoms with Crippen LogP contribution < -0.4 is 5.32 Å². The highest BCUT2D eigenvalue weighted by Crippen LogP contribution is 2.24. The van der Waals surface area contributed by atoms with Crippen LogP contribution in [0.5, 0.6) is 0 Å². The Balaban J connectivity index is 2.10. The Morgan fingerprint density at radius 2 is 2.26 bits per heavy atom. The molecule has 2 heterocycles. The molecule has 0 amide bonds. The van der Waals surface area contributed by atoms with Gasteiger partial charge in [-0.1, -0.05) is 6.92 Å². The number of hydrogen-bond acceptors (Lipinski definition) is 3. The summed E-state index contributed by atoms with van der Waals surface area (Å²) in [5.41, 5.74) is 2.49. The fraction of sp³-hybridized carbons (Fsp3) is 0.786. The summed E-state index contributed by atoms with van der Waals surface area (Å²) >= 11 is 3.73. The minimum Gasteiger partial charge on any atom is -0.315 e. The maximum Gasteiger partial charge on any atom is 0.0767 e. The van der Waals surface area contributed by atoms with Gasteiger partial charge in [-0.05, 0) is 55.7 Å². The maximum absolute atomic E-state index is 4.67. The zero-order valence-corrected chi connectivity index (χ0v) is 13.8. The van der Waals surface area contributed by atoms with Crippen LogP contribution in [0.2, 0.25) is 0 Å². The van der Waals surface area contributed by atoms with Crippen molar-refractivity contribution in [1.29, 1.82) is 0 Å². The minimum atomic E-state index is 0.644. The lowest BCUT2D eigenvalue weighted by molar-refractivity contribution is 0.191. The van der Waals surface area contributed by atoms with E-state index in [1.54, 1.807) is 0 Å². The molecule has 0 bridgehead atoms. The molecule has 1 aromatic rings. The Morgan fingerprint density at radius 1 is 1.47 bits per heavy atom. The Morgan fingerprint density at radius 3 is 2.84 bits per heavy atom. The van der Waals surface area contributed by atoms with Crippen LogP contribution in [0.15, 0.2) is 4.47 Å². The molecule has 108 valence electrons. The van der Waals surface area contributed by atoms with E-state index in [0.717, 1.165) is 26.1 Å². The summed E-state index contributed by atoms with van der Waals surface area (Å²) in [4.78, 5) is 2.46. The summed E-state index contributed by atoms with van der Waals surface area (Å²) in [6.45, 7) is 8.49. The van der Waals surface area contributed by atoms with Crippen molar-refractivity contribution in [3.63, 3.8) is 0 Å². The molecule has 0 aromatic carbocycles. The Kier molecular flexibility index (Phi) is 5.42. The van der Waals surface area contributed by atoms with E-state index < -0.39 is 0 Å². The van der Waals surface area contributed by atoms with E-state index >= 15 is 0 Å². The molecule has 0 aliphatic carbocycles. The van der Waals surface area contributed by atoms with Crippen molar-refractivity contribution < 1.29 is 0 Å². The zero-order chi connectivity index (χ0) is 13.8. The Labute approximate surface area is 124 Å². The van der Waals surface area contributed by atoms with Crippen molar-refractivity contribution >= 4 is 15.9 Å². The fourth-order valence-electron chi connectivity index (χ4n) is 2.74. The second-order valence-electron chi connectivity index (χ2n) is 5.29. The van der Waals surface area contributed by atoms with Crippen LogP contribution in [0, 0.1) is 0 Å². The summed E-state index contributed by atoms with van der Waals surface area (Å²) in [6, 6.07) is 0.644. The van der Waals surface area contributed by atoms with Gasteiger partial charge in [0.05, 0.1) is 15.9 Å². The number of aromatic nitrogens is 2. The first kappa shape index (κ1) is 15.0. The molecule has 1 aliphatic rings. The first-order chi connectivity index (χ1) is 9.17. The average molecular weight is 329 g/mol. The molecule has 4 nitrogen and oxygen atoms in total. The Hall–Kier alpha value is -0.390. The normalized spacial score (nSPS) is 20.2. The van der Waals surface area contributed by atoms with Gasteiger partial charge >= 0.3 is 0 Å². The van der Waals surface area contributed by atoms with Crippen LogP contribution >= 0.6 is 15.9 Å². The van der Waals surface area contributed by atoms with Gasteiger partial charge in [-0.15, -0.1) is 0 Å². The van der Waals surface area contributed by atoms with Crippen molar-refractivity contribution in [3.8, 4) is 0 Å². The maximum atomic E-state index is 4.67. The minimum absolute atomic E-state index is 0.644. The lowest BCUT2D eigenvalue weighted by atomic mass is 10.1.